The van der Waals surface area contributed by atoms with E-state index < -0.39 is 0 Å². The van der Waals surface area contributed by atoms with Crippen molar-refractivity contribution >= 4 is 5.82 Å². The van der Waals surface area contributed by atoms with E-state index in [1.807, 2.05) is 29.8 Å². The Kier molecular flexibility index (Phi) is 4.45. The summed E-state index contributed by atoms with van der Waals surface area (Å²) in [5.74, 6) is 1.69. The van der Waals surface area contributed by atoms with Gasteiger partial charge in [0.25, 0.3) is 0 Å². The molecule has 0 radical (unpaired) electrons. The number of rotatable bonds is 5. The van der Waals surface area contributed by atoms with E-state index in [9.17, 15) is 0 Å². The molecule has 2 N–H and O–H groups in total. The summed E-state index contributed by atoms with van der Waals surface area (Å²) in [6, 6.07) is 10.2. The van der Waals surface area contributed by atoms with Gasteiger partial charge in [-0.3, -0.25) is 0 Å². The van der Waals surface area contributed by atoms with Crippen LogP contribution in [0, 0.1) is 12.8 Å². The van der Waals surface area contributed by atoms with Gasteiger partial charge >= 0.3 is 0 Å². The van der Waals surface area contributed by atoms with Gasteiger partial charge in [-0.15, -0.1) is 0 Å². The fourth-order valence-corrected chi connectivity index (χ4v) is 2.56. The first-order valence-electron chi connectivity index (χ1n) is 7.09. The highest BCUT2D eigenvalue weighted by Gasteiger charge is 2.19. The zero-order valence-electron chi connectivity index (χ0n) is 12.8. The van der Waals surface area contributed by atoms with Crippen molar-refractivity contribution < 1.29 is 0 Å². The van der Waals surface area contributed by atoms with Crippen molar-refractivity contribution in [3.63, 3.8) is 0 Å². The lowest BCUT2D eigenvalue weighted by atomic mass is 10.2. The predicted molar refractivity (Wildman–Crippen MR) is 84.3 cm³/mol. The molecule has 4 heteroatoms. The molecule has 1 aromatic heterocycles. The molecule has 0 aliphatic carbocycles. The third-order valence-corrected chi connectivity index (χ3v) is 3.36. The van der Waals surface area contributed by atoms with Crippen LogP contribution in [0.1, 0.15) is 25.1 Å². The molecule has 4 nitrogen and oxygen atoms in total. The summed E-state index contributed by atoms with van der Waals surface area (Å²) in [6.07, 6.45) is 0. The molecular formula is C16H24N4. The highest BCUT2D eigenvalue weighted by Crippen LogP contribution is 2.26. The third-order valence-electron chi connectivity index (χ3n) is 3.36. The van der Waals surface area contributed by atoms with Gasteiger partial charge < -0.3 is 10.6 Å². The lowest BCUT2D eigenvalue weighted by molar-refractivity contribution is 0.627. The lowest BCUT2D eigenvalue weighted by Crippen LogP contribution is -2.26. The summed E-state index contributed by atoms with van der Waals surface area (Å²) in [5, 5.41) is 4.68. The molecule has 0 unspecified atom stereocenters. The van der Waals surface area contributed by atoms with E-state index in [4.69, 9.17) is 5.73 Å². The number of hydrogen-bond acceptors (Lipinski definition) is 3. The van der Waals surface area contributed by atoms with E-state index in [0.717, 1.165) is 29.3 Å². The number of aryl methyl sites for hydroxylation is 1. The molecule has 0 saturated heterocycles. The van der Waals surface area contributed by atoms with Gasteiger partial charge in [0.1, 0.15) is 5.82 Å². The quantitative estimate of drug-likeness (QED) is 0.910. The summed E-state index contributed by atoms with van der Waals surface area (Å²) < 4.78 is 2.00. The van der Waals surface area contributed by atoms with E-state index >= 15 is 0 Å². The second-order valence-electron chi connectivity index (χ2n) is 5.61. The standard InChI is InChI=1S/C16H24N4/c1-12(2)11-19(4)16-15(10-17)13(3)18-20(16)14-8-6-5-7-9-14/h5-9,12H,10-11,17H2,1-4H3. The van der Waals surface area contributed by atoms with Crippen LogP contribution in [0.25, 0.3) is 5.69 Å². The Hall–Kier alpha value is -1.81. The van der Waals surface area contributed by atoms with Crippen LogP contribution in [-0.4, -0.2) is 23.4 Å². The molecule has 0 bridgehead atoms. The van der Waals surface area contributed by atoms with Crippen LogP contribution in [0.15, 0.2) is 30.3 Å². The van der Waals surface area contributed by atoms with Gasteiger partial charge in [0.2, 0.25) is 0 Å². The van der Waals surface area contributed by atoms with E-state index in [1.165, 1.54) is 0 Å². The molecule has 0 aliphatic rings. The maximum Gasteiger partial charge on any atom is 0.136 e. The molecule has 0 spiro atoms. The smallest absolute Gasteiger partial charge is 0.136 e. The molecular weight excluding hydrogens is 248 g/mol. The van der Waals surface area contributed by atoms with Crippen molar-refractivity contribution in [3.8, 4) is 5.69 Å². The lowest BCUT2D eigenvalue weighted by Gasteiger charge is -2.23. The zero-order chi connectivity index (χ0) is 14.7. The normalized spacial score (nSPS) is 11.1. The predicted octanol–water partition coefficient (Wildman–Crippen LogP) is 2.73. The van der Waals surface area contributed by atoms with Gasteiger partial charge in [-0.1, -0.05) is 32.0 Å². The van der Waals surface area contributed by atoms with E-state index in [2.05, 4.69) is 43.0 Å². The van der Waals surface area contributed by atoms with Gasteiger partial charge in [-0.05, 0) is 25.0 Å². The van der Waals surface area contributed by atoms with Crippen LogP contribution in [0.4, 0.5) is 5.82 Å². The average molecular weight is 272 g/mol. The van der Waals surface area contributed by atoms with Crippen molar-refractivity contribution in [2.75, 3.05) is 18.5 Å². The Morgan fingerprint density at radius 2 is 1.90 bits per heavy atom. The minimum absolute atomic E-state index is 0.510. The molecule has 0 fully saturated rings. The largest absolute Gasteiger partial charge is 0.359 e. The Morgan fingerprint density at radius 3 is 2.45 bits per heavy atom. The summed E-state index contributed by atoms with van der Waals surface area (Å²) in [4.78, 5) is 2.25. The van der Waals surface area contributed by atoms with Gasteiger partial charge in [-0.2, -0.15) is 5.10 Å². The topological polar surface area (TPSA) is 47.1 Å². The molecule has 1 aromatic carbocycles. The molecule has 108 valence electrons. The molecule has 1 heterocycles. The fraction of sp³-hybridized carbons (Fsp3) is 0.438. The van der Waals surface area contributed by atoms with E-state index in [1.54, 1.807) is 0 Å². The average Bonchev–Trinajstić information content (AvgIpc) is 2.75. The summed E-state index contributed by atoms with van der Waals surface area (Å²) >= 11 is 0. The number of anilines is 1. The van der Waals surface area contributed by atoms with Crippen molar-refractivity contribution in [1.82, 2.24) is 9.78 Å². The monoisotopic (exact) mass is 272 g/mol. The fourth-order valence-electron chi connectivity index (χ4n) is 2.56. The van der Waals surface area contributed by atoms with Gasteiger partial charge in [0.05, 0.1) is 11.4 Å². The Labute approximate surface area is 121 Å². The van der Waals surface area contributed by atoms with Crippen molar-refractivity contribution in [3.05, 3.63) is 41.6 Å². The number of nitrogens with zero attached hydrogens (tertiary/aromatic N) is 3. The number of nitrogens with two attached hydrogens (primary N) is 1. The van der Waals surface area contributed by atoms with Crippen LogP contribution >= 0.6 is 0 Å². The van der Waals surface area contributed by atoms with Crippen LogP contribution in [0.5, 0.6) is 0 Å². The molecule has 2 aromatic rings. The van der Waals surface area contributed by atoms with E-state index in [0.29, 0.717) is 12.5 Å². The Morgan fingerprint density at radius 1 is 1.25 bits per heavy atom. The highest BCUT2D eigenvalue weighted by atomic mass is 15.4. The van der Waals surface area contributed by atoms with Crippen molar-refractivity contribution in [2.24, 2.45) is 11.7 Å². The second kappa shape index (κ2) is 6.09. The first-order chi connectivity index (χ1) is 9.54. The minimum atomic E-state index is 0.510. The zero-order valence-corrected chi connectivity index (χ0v) is 12.8. The second-order valence-corrected chi connectivity index (χ2v) is 5.61. The van der Waals surface area contributed by atoms with Crippen LogP contribution in [0.2, 0.25) is 0 Å². The summed E-state index contributed by atoms with van der Waals surface area (Å²) in [6.45, 7) is 7.94. The van der Waals surface area contributed by atoms with Gasteiger partial charge in [0, 0.05) is 25.7 Å². The number of aromatic nitrogens is 2. The molecule has 20 heavy (non-hydrogen) atoms. The molecule has 0 atom stereocenters. The molecule has 0 aliphatic heterocycles. The Bertz CT molecular complexity index is 557. The molecule has 0 amide bonds. The van der Waals surface area contributed by atoms with Gasteiger partial charge in [-0.25, -0.2) is 4.68 Å². The third kappa shape index (κ3) is 2.85. The maximum absolute atomic E-state index is 5.93. The van der Waals surface area contributed by atoms with E-state index in [-0.39, 0.29) is 0 Å². The molecule has 0 saturated carbocycles. The maximum atomic E-state index is 5.93. The number of benzene rings is 1. The van der Waals surface area contributed by atoms with Crippen LogP contribution in [0.3, 0.4) is 0 Å². The first kappa shape index (κ1) is 14.6. The van der Waals surface area contributed by atoms with Crippen molar-refractivity contribution in [1.29, 1.82) is 0 Å². The summed E-state index contributed by atoms with van der Waals surface area (Å²) in [7, 11) is 2.11. The SMILES string of the molecule is Cc1nn(-c2ccccc2)c(N(C)CC(C)C)c1CN. The molecule has 2 rings (SSSR count). The van der Waals surface area contributed by atoms with Crippen molar-refractivity contribution in [2.45, 2.75) is 27.3 Å². The summed E-state index contributed by atoms with van der Waals surface area (Å²) in [5.41, 5.74) is 9.13. The number of para-hydroxylation sites is 1. The Balaban J connectivity index is 2.52. The van der Waals surface area contributed by atoms with Crippen LogP contribution in [-0.2, 0) is 6.54 Å². The van der Waals surface area contributed by atoms with Crippen LogP contribution < -0.4 is 10.6 Å². The first-order valence-corrected chi connectivity index (χ1v) is 7.09. The highest BCUT2D eigenvalue weighted by molar-refractivity contribution is 5.54. The minimum Gasteiger partial charge on any atom is -0.359 e. The van der Waals surface area contributed by atoms with Gasteiger partial charge in [0.15, 0.2) is 0 Å². The number of hydrogen-bond donors (Lipinski definition) is 1.